The fourth-order valence-corrected chi connectivity index (χ4v) is 2.14. The Morgan fingerprint density at radius 2 is 2.00 bits per heavy atom. The smallest absolute Gasteiger partial charge is 0.411 e. The molecule has 1 aliphatic heterocycles. The molecule has 2 atom stereocenters. The highest BCUT2D eigenvalue weighted by Crippen LogP contribution is 2.28. The molecular formula is C12H21NO4. The molecule has 17 heavy (non-hydrogen) atoms. The number of carboxylic acid groups (broad SMARTS) is 1. The van der Waals surface area contributed by atoms with Gasteiger partial charge in [-0.25, -0.2) is 9.59 Å². The molecule has 0 aromatic rings. The molecule has 1 amide bonds. The monoisotopic (exact) mass is 243 g/mol. The Labute approximate surface area is 102 Å². The van der Waals surface area contributed by atoms with Crippen LogP contribution in [-0.4, -0.2) is 40.3 Å². The fourth-order valence-electron chi connectivity index (χ4n) is 2.14. The zero-order valence-corrected chi connectivity index (χ0v) is 10.9. The molecule has 0 aliphatic carbocycles. The van der Waals surface area contributed by atoms with Crippen LogP contribution in [0.15, 0.2) is 0 Å². The van der Waals surface area contributed by atoms with Crippen molar-refractivity contribution in [2.24, 2.45) is 5.92 Å². The van der Waals surface area contributed by atoms with Crippen molar-refractivity contribution in [2.45, 2.75) is 52.2 Å². The van der Waals surface area contributed by atoms with Crippen LogP contribution in [0.1, 0.15) is 40.5 Å². The van der Waals surface area contributed by atoms with Crippen molar-refractivity contribution in [3.05, 3.63) is 0 Å². The van der Waals surface area contributed by atoms with E-state index in [1.54, 1.807) is 20.8 Å². The molecule has 1 rings (SSSR count). The van der Waals surface area contributed by atoms with E-state index in [1.807, 2.05) is 6.92 Å². The van der Waals surface area contributed by atoms with Crippen LogP contribution < -0.4 is 0 Å². The molecule has 0 saturated carbocycles. The van der Waals surface area contributed by atoms with Gasteiger partial charge in [0.2, 0.25) is 0 Å². The van der Waals surface area contributed by atoms with E-state index in [1.165, 1.54) is 4.90 Å². The summed E-state index contributed by atoms with van der Waals surface area (Å²) in [6.07, 6.45) is 0.962. The highest BCUT2D eigenvalue weighted by atomic mass is 16.6. The van der Waals surface area contributed by atoms with Gasteiger partial charge in [-0.15, -0.1) is 0 Å². The molecule has 1 N–H and O–H groups in total. The zero-order valence-electron chi connectivity index (χ0n) is 10.9. The number of carboxylic acids is 1. The van der Waals surface area contributed by atoms with Crippen LogP contribution in [0.5, 0.6) is 0 Å². The number of nitrogens with zero attached hydrogens (tertiary/aromatic N) is 1. The summed E-state index contributed by atoms with van der Waals surface area (Å²) < 4.78 is 5.22. The second-order valence-corrected chi connectivity index (χ2v) is 5.41. The maximum absolute atomic E-state index is 11.9. The van der Waals surface area contributed by atoms with Crippen molar-refractivity contribution in [3.63, 3.8) is 0 Å². The lowest BCUT2D eigenvalue weighted by Crippen LogP contribution is -2.45. The van der Waals surface area contributed by atoms with E-state index in [9.17, 15) is 14.7 Å². The molecule has 0 radical (unpaired) electrons. The summed E-state index contributed by atoms with van der Waals surface area (Å²) in [7, 11) is 0. The van der Waals surface area contributed by atoms with E-state index in [4.69, 9.17) is 4.74 Å². The number of hydrogen-bond acceptors (Lipinski definition) is 3. The lowest BCUT2D eigenvalue weighted by atomic mass is 9.98. The number of hydrogen-bond donors (Lipinski definition) is 1. The molecule has 5 heteroatoms. The average Bonchev–Trinajstić information content (AvgIpc) is 2.57. The summed E-state index contributed by atoms with van der Waals surface area (Å²) in [5.41, 5.74) is -0.593. The van der Waals surface area contributed by atoms with Gasteiger partial charge in [-0.1, -0.05) is 13.3 Å². The van der Waals surface area contributed by atoms with Crippen LogP contribution in [0.3, 0.4) is 0 Å². The predicted molar refractivity (Wildman–Crippen MR) is 62.8 cm³/mol. The first-order valence-corrected chi connectivity index (χ1v) is 5.98. The van der Waals surface area contributed by atoms with Crippen LogP contribution in [-0.2, 0) is 9.53 Å². The summed E-state index contributed by atoms with van der Waals surface area (Å²) in [5, 5.41) is 9.18. The summed E-state index contributed by atoms with van der Waals surface area (Å²) in [6.45, 7) is 7.72. The maximum Gasteiger partial charge on any atom is 0.411 e. The van der Waals surface area contributed by atoms with Crippen molar-refractivity contribution in [2.75, 3.05) is 6.54 Å². The average molecular weight is 243 g/mol. The van der Waals surface area contributed by atoms with Crippen molar-refractivity contribution >= 4 is 12.1 Å². The first-order valence-electron chi connectivity index (χ1n) is 5.98. The van der Waals surface area contributed by atoms with Crippen LogP contribution in [0.2, 0.25) is 0 Å². The molecule has 98 valence electrons. The van der Waals surface area contributed by atoms with Crippen LogP contribution >= 0.6 is 0 Å². The van der Waals surface area contributed by atoms with Gasteiger partial charge in [0, 0.05) is 6.54 Å². The molecular weight excluding hydrogens is 222 g/mol. The summed E-state index contributed by atoms with van der Waals surface area (Å²) >= 11 is 0. The molecule has 1 heterocycles. The van der Waals surface area contributed by atoms with E-state index in [-0.39, 0.29) is 5.92 Å². The Morgan fingerprint density at radius 1 is 1.41 bits per heavy atom. The number of carbonyl (C=O) groups is 2. The third kappa shape index (κ3) is 3.35. The van der Waals surface area contributed by atoms with Crippen molar-refractivity contribution in [1.29, 1.82) is 0 Å². The van der Waals surface area contributed by atoms with Gasteiger partial charge in [0.15, 0.2) is 0 Å². The summed E-state index contributed by atoms with van der Waals surface area (Å²) in [5.74, 6) is -0.916. The molecule has 0 spiro atoms. The van der Waals surface area contributed by atoms with E-state index in [0.29, 0.717) is 6.54 Å². The Hall–Kier alpha value is -1.26. The molecule has 0 aromatic heterocycles. The topological polar surface area (TPSA) is 66.8 Å². The quantitative estimate of drug-likeness (QED) is 0.806. The Balaban J connectivity index is 2.76. The predicted octanol–water partition coefficient (Wildman–Crippen LogP) is 2.11. The third-order valence-corrected chi connectivity index (χ3v) is 2.93. The van der Waals surface area contributed by atoms with E-state index < -0.39 is 23.7 Å². The molecule has 1 saturated heterocycles. The van der Waals surface area contributed by atoms with Crippen LogP contribution in [0, 0.1) is 5.92 Å². The second-order valence-electron chi connectivity index (χ2n) is 5.41. The standard InChI is InChI=1S/C12H21NO4/c1-5-8-6-7-13(9(8)10(14)15)11(16)17-12(2,3)4/h8-9H,5-7H2,1-4H3,(H,14,15)/t8-,9-/m1/s1. The molecule has 5 nitrogen and oxygen atoms in total. The van der Waals surface area contributed by atoms with E-state index >= 15 is 0 Å². The highest BCUT2D eigenvalue weighted by Gasteiger charge is 2.42. The van der Waals surface area contributed by atoms with Gasteiger partial charge < -0.3 is 9.84 Å². The number of rotatable bonds is 2. The van der Waals surface area contributed by atoms with Crippen LogP contribution in [0.25, 0.3) is 0 Å². The maximum atomic E-state index is 11.9. The largest absolute Gasteiger partial charge is 0.480 e. The van der Waals surface area contributed by atoms with Gasteiger partial charge in [0.25, 0.3) is 0 Å². The van der Waals surface area contributed by atoms with Gasteiger partial charge in [0.1, 0.15) is 11.6 Å². The Bertz CT molecular complexity index is 308. The lowest BCUT2D eigenvalue weighted by Gasteiger charge is -2.28. The van der Waals surface area contributed by atoms with Gasteiger partial charge in [0.05, 0.1) is 0 Å². The zero-order chi connectivity index (χ0) is 13.2. The fraction of sp³-hybridized carbons (Fsp3) is 0.833. The molecule has 0 unspecified atom stereocenters. The van der Waals surface area contributed by atoms with Crippen LogP contribution in [0.4, 0.5) is 4.79 Å². The van der Waals surface area contributed by atoms with Crippen molar-refractivity contribution < 1.29 is 19.4 Å². The number of aliphatic carboxylic acids is 1. The first-order chi connectivity index (χ1) is 7.76. The molecule has 1 fully saturated rings. The normalized spacial score (nSPS) is 24.8. The number of likely N-dealkylation sites (tertiary alicyclic amines) is 1. The number of amides is 1. The minimum absolute atomic E-state index is 0.0278. The van der Waals surface area contributed by atoms with E-state index in [2.05, 4.69) is 0 Å². The lowest BCUT2D eigenvalue weighted by molar-refractivity contribution is -0.143. The molecule has 0 aromatic carbocycles. The van der Waals surface area contributed by atoms with Crippen molar-refractivity contribution in [3.8, 4) is 0 Å². The Morgan fingerprint density at radius 3 is 2.41 bits per heavy atom. The van der Waals surface area contributed by atoms with Gasteiger partial charge >= 0.3 is 12.1 Å². The second kappa shape index (κ2) is 4.94. The van der Waals surface area contributed by atoms with Crippen molar-refractivity contribution in [1.82, 2.24) is 4.90 Å². The van der Waals surface area contributed by atoms with Gasteiger partial charge in [-0.2, -0.15) is 0 Å². The minimum Gasteiger partial charge on any atom is -0.480 e. The highest BCUT2D eigenvalue weighted by molar-refractivity contribution is 5.81. The summed E-state index contributed by atoms with van der Waals surface area (Å²) in [6, 6.07) is -0.741. The third-order valence-electron chi connectivity index (χ3n) is 2.93. The van der Waals surface area contributed by atoms with Gasteiger partial charge in [-0.05, 0) is 33.1 Å². The number of carbonyl (C=O) groups excluding carboxylic acids is 1. The summed E-state index contributed by atoms with van der Waals surface area (Å²) in [4.78, 5) is 24.4. The molecule has 0 bridgehead atoms. The Kier molecular flexibility index (Phi) is 4.01. The molecule has 1 aliphatic rings. The SMILES string of the molecule is CC[C@@H]1CCN(C(=O)OC(C)(C)C)[C@H]1C(=O)O. The number of ether oxygens (including phenoxy) is 1. The first kappa shape index (κ1) is 13.8. The van der Waals surface area contributed by atoms with E-state index in [0.717, 1.165) is 12.8 Å². The minimum atomic E-state index is -0.944. The van der Waals surface area contributed by atoms with Gasteiger partial charge in [-0.3, -0.25) is 4.90 Å².